The van der Waals surface area contributed by atoms with E-state index in [4.69, 9.17) is 4.74 Å². The summed E-state index contributed by atoms with van der Waals surface area (Å²) >= 11 is 0. The van der Waals surface area contributed by atoms with E-state index < -0.39 is 5.82 Å². The van der Waals surface area contributed by atoms with Crippen LogP contribution in [0.5, 0.6) is 5.75 Å². The van der Waals surface area contributed by atoms with Gasteiger partial charge < -0.3 is 15.4 Å². The number of nitrogens with one attached hydrogen (secondary N) is 2. The lowest BCUT2D eigenvalue weighted by molar-refractivity contribution is -0.116. The molecule has 1 saturated carbocycles. The Morgan fingerprint density at radius 2 is 2.28 bits per heavy atom. The van der Waals surface area contributed by atoms with Crippen molar-refractivity contribution < 1.29 is 13.9 Å². The minimum atomic E-state index is -0.480. The summed E-state index contributed by atoms with van der Waals surface area (Å²) < 4.78 is 18.2. The quantitative estimate of drug-likeness (QED) is 0.813. The Labute approximate surface area is 106 Å². The number of methoxy groups -OCH3 is 1. The van der Waals surface area contributed by atoms with E-state index in [9.17, 15) is 9.18 Å². The third-order valence-corrected chi connectivity index (χ3v) is 2.80. The Hall–Kier alpha value is -1.62. The molecule has 0 aromatic heterocycles. The summed E-state index contributed by atoms with van der Waals surface area (Å²) in [6, 6.07) is 4.96. The van der Waals surface area contributed by atoms with E-state index in [-0.39, 0.29) is 11.7 Å². The maximum atomic E-state index is 13.4. The number of benzene rings is 1. The van der Waals surface area contributed by atoms with Crippen LogP contribution < -0.4 is 15.4 Å². The molecule has 1 fully saturated rings. The zero-order chi connectivity index (χ0) is 13.0. The molecule has 4 nitrogen and oxygen atoms in total. The maximum absolute atomic E-state index is 13.4. The van der Waals surface area contributed by atoms with Crippen molar-refractivity contribution >= 4 is 11.6 Å². The molecular formula is C13H17FN2O2. The third kappa shape index (κ3) is 3.70. The van der Waals surface area contributed by atoms with Crippen LogP contribution in [-0.2, 0) is 4.79 Å². The Morgan fingerprint density at radius 3 is 2.89 bits per heavy atom. The van der Waals surface area contributed by atoms with Gasteiger partial charge in [0.15, 0.2) is 11.6 Å². The second kappa shape index (κ2) is 5.82. The van der Waals surface area contributed by atoms with Gasteiger partial charge in [0.05, 0.1) is 7.11 Å². The van der Waals surface area contributed by atoms with Gasteiger partial charge in [0.1, 0.15) is 0 Å². The van der Waals surface area contributed by atoms with Crippen LogP contribution in [0.3, 0.4) is 0 Å². The van der Waals surface area contributed by atoms with Gasteiger partial charge in [0, 0.05) is 30.8 Å². The minimum Gasteiger partial charge on any atom is -0.494 e. The highest BCUT2D eigenvalue weighted by Gasteiger charge is 2.20. The summed E-state index contributed by atoms with van der Waals surface area (Å²) in [5.41, 5.74) is 0.449. The van der Waals surface area contributed by atoms with Crippen molar-refractivity contribution in [2.24, 2.45) is 0 Å². The second-order valence-electron chi connectivity index (χ2n) is 4.38. The number of hydrogen-bond donors (Lipinski definition) is 2. The Bertz CT molecular complexity index is 433. The van der Waals surface area contributed by atoms with Gasteiger partial charge in [-0.2, -0.15) is 0 Å². The van der Waals surface area contributed by atoms with E-state index in [1.807, 2.05) is 0 Å². The van der Waals surface area contributed by atoms with Crippen molar-refractivity contribution in [1.29, 1.82) is 0 Å². The number of halogens is 1. The number of anilines is 1. The lowest BCUT2D eigenvalue weighted by Crippen LogP contribution is -2.23. The second-order valence-corrected chi connectivity index (χ2v) is 4.38. The van der Waals surface area contributed by atoms with Crippen molar-refractivity contribution in [3.63, 3.8) is 0 Å². The molecule has 1 aliphatic carbocycles. The zero-order valence-electron chi connectivity index (χ0n) is 10.3. The summed E-state index contributed by atoms with van der Waals surface area (Å²) in [5.74, 6) is -0.428. The van der Waals surface area contributed by atoms with Crippen LogP contribution in [-0.4, -0.2) is 25.6 Å². The molecule has 18 heavy (non-hydrogen) atoms. The van der Waals surface area contributed by atoms with Gasteiger partial charge in [-0.1, -0.05) is 0 Å². The molecule has 1 amide bonds. The van der Waals surface area contributed by atoms with Crippen LogP contribution in [0, 0.1) is 5.82 Å². The van der Waals surface area contributed by atoms with Crippen LogP contribution in [0.25, 0.3) is 0 Å². The van der Waals surface area contributed by atoms with Gasteiger partial charge in [-0.15, -0.1) is 0 Å². The number of carbonyl (C=O) groups excluding carboxylic acids is 1. The average molecular weight is 252 g/mol. The normalized spacial score (nSPS) is 14.3. The van der Waals surface area contributed by atoms with E-state index in [0.29, 0.717) is 24.7 Å². The predicted octanol–water partition coefficient (Wildman–Crippen LogP) is 1.91. The molecule has 0 radical (unpaired) electrons. The fourth-order valence-electron chi connectivity index (χ4n) is 1.64. The fourth-order valence-corrected chi connectivity index (χ4v) is 1.64. The molecule has 0 spiro atoms. The first kappa shape index (κ1) is 12.8. The van der Waals surface area contributed by atoms with E-state index in [1.165, 1.54) is 32.1 Å². The Kier molecular flexibility index (Phi) is 4.15. The van der Waals surface area contributed by atoms with E-state index in [0.717, 1.165) is 0 Å². The first-order chi connectivity index (χ1) is 8.69. The fraction of sp³-hybridized carbons (Fsp3) is 0.462. The predicted molar refractivity (Wildman–Crippen MR) is 67.2 cm³/mol. The molecule has 2 rings (SSSR count). The van der Waals surface area contributed by atoms with Gasteiger partial charge in [-0.05, 0) is 25.0 Å². The number of amides is 1. The molecule has 0 bridgehead atoms. The monoisotopic (exact) mass is 252 g/mol. The molecule has 0 aliphatic heterocycles. The molecule has 0 atom stereocenters. The molecule has 1 aromatic carbocycles. The Balaban J connectivity index is 1.80. The van der Waals surface area contributed by atoms with Crippen LogP contribution >= 0.6 is 0 Å². The van der Waals surface area contributed by atoms with E-state index in [2.05, 4.69) is 10.6 Å². The number of hydrogen-bond acceptors (Lipinski definition) is 3. The van der Waals surface area contributed by atoms with Crippen molar-refractivity contribution in [2.45, 2.75) is 25.3 Å². The van der Waals surface area contributed by atoms with Crippen LogP contribution in [0.2, 0.25) is 0 Å². The van der Waals surface area contributed by atoms with Crippen LogP contribution in [0.4, 0.5) is 10.1 Å². The van der Waals surface area contributed by atoms with Crippen molar-refractivity contribution in [3.05, 3.63) is 24.0 Å². The van der Waals surface area contributed by atoms with Crippen molar-refractivity contribution in [2.75, 3.05) is 19.0 Å². The standard InChI is InChI=1S/C13H17FN2O2/c1-18-12-5-4-10(8-11(12)14)16-13(17)6-7-15-9-2-3-9/h4-5,8-9,15H,2-3,6-7H2,1H3,(H,16,17). The summed E-state index contributed by atoms with van der Waals surface area (Å²) in [7, 11) is 1.40. The summed E-state index contributed by atoms with van der Waals surface area (Å²) in [6.45, 7) is 0.662. The summed E-state index contributed by atoms with van der Waals surface area (Å²) in [4.78, 5) is 11.6. The van der Waals surface area contributed by atoms with Crippen molar-refractivity contribution in [3.8, 4) is 5.75 Å². The van der Waals surface area contributed by atoms with Gasteiger partial charge in [-0.25, -0.2) is 4.39 Å². The molecule has 0 unspecified atom stereocenters. The zero-order valence-corrected chi connectivity index (χ0v) is 10.3. The number of rotatable bonds is 6. The van der Waals surface area contributed by atoms with E-state index in [1.54, 1.807) is 6.07 Å². The molecule has 98 valence electrons. The van der Waals surface area contributed by atoms with Crippen LogP contribution in [0.15, 0.2) is 18.2 Å². The van der Waals surface area contributed by atoms with E-state index >= 15 is 0 Å². The molecule has 0 saturated heterocycles. The smallest absolute Gasteiger partial charge is 0.225 e. The first-order valence-corrected chi connectivity index (χ1v) is 6.06. The highest BCUT2D eigenvalue weighted by atomic mass is 19.1. The molecule has 1 aliphatic rings. The van der Waals surface area contributed by atoms with Gasteiger partial charge >= 0.3 is 0 Å². The summed E-state index contributed by atoms with van der Waals surface area (Å²) in [6.07, 6.45) is 2.79. The highest BCUT2D eigenvalue weighted by molar-refractivity contribution is 5.90. The average Bonchev–Trinajstić information content (AvgIpc) is 3.13. The largest absolute Gasteiger partial charge is 0.494 e. The third-order valence-electron chi connectivity index (χ3n) is 2.80. The van der Waals surface area contributed by atoms with Gasteiger partial charge in [-0.3, -0.25) is 4.79 Å². The minimum absolute atomic E-state index is 0.118. The molecule has 5 heteroatoms. The lowest BCUT2D eigenvalue weighted by atomic mass is 10.2. The maximum Gasteiger partial charge on any atom is 0.225 e. The van der Waals surface area contributed by atoms with Gasteiger partial charge in [0.2, 0.25) is 5.91 Å². The highest BCUT2D eigenvalue weighted by Crippen LogP contribution is 2.21. The first-order valence-electron chi connectivity index (χ1n) is 6.06. The molecule has 0 heterocycles. The van der Waals surface area contributed by atoms with Crippen LogP contribution in [0.1, 0.15) is 19.3 Å². The number of carbonyl (C=O) groups is 1. The molecular weight excluding hydrogens is 235 g/mol. The topological polar surface area (TPSA) is 50.4 Å². The van der Waals surface area contributed by atoms with Crippen molar-refractivity contribution in [1.82, 2.24) is 5.32 Å². The van der Waals surface area contributed by atoms with Gasteiger partial charge in [0.25, 0.3) is 0 Å². The molecule has 1 aromatic rings. The number of ether oxygens (including phenoxy) is 1. The summed E-state index contributed by atoms with van der Waals surface area (Å²) in [5, 5.41) is 5.90. The Morgan fingerprint density at radius 1 is 1.50 bits per heavy atom. The molecule has 2 N–H and O–H groups in total. The lowest BCUT2D eigenvalue weighted by Gasteiger charge is -2.07. The SMILES string of the molecule is COc1ccc(NC(=O)CCNC2CC2)cc1F.